The maximum absolute atomic E-state index is 13.4. The number of hydrogen-bond acceptors (Lipinski definition) is 5. The number of amides is 1. The summed E-state index contributed by atoms with van der Waals surface area (Å²) in [6, 6.07) is 11.2. The second kappa shape index (κ2) is 9.83. The van der Waals surface area contributed by atoms with Crippen LogP contribution in [0, 0.1) is 0 Å². The molecular weight excluding hydrogens is 509 g/mol. The van der Waals surface area contributed by atoms with Crippen molar-refractivity contribution in [3.8, 4) is 0 Å². The van der Waals surface area contributed by atoms with E-state index < -0.39 is 29.1 Å². The van der Waals surface area contributed by atoms with E-state index in [9.17, 15) is 27.9 Å². The maximum atomic E-state index is 13.4. The first-order chi connectivity index (χ1) is 17.3. The minimum absolute atomic E-state index is 0.0257. The number of hydrogen-bond donors (Lipinski definition) is 2. The average molecular weight is 535 g/mol. The van der Waals surface area contributed by atoms with Gasteiger partial charge in [-0.05, 0) is 62.7 Å². The van der Waals surface area contributed by atoms with Gasteiger partial charge >= 0.3 is 6.18 Å². The summed E-state index contributed by atoms with van der Waals surface area (Å²) in [5.41, 5.74) is -0.436. The first kappa shape index (κ1) is 26.7. The molecule has 1 aromatic heterocycles. The predicted molar refractivity (Wildman–Crippen MR) is 133 cm³/mol. The van der Waals surface area contributed by atoms with Crippen molar-refractivity contribution in [2.45, 2.75) is 51.7 Å². The standard InChI is InChI=1S/C26H26ClF3N4O3/c1-15(35)34-23(37)20-14-33(22(36)16-4-10-19(27)11-5-16)13-12-21(20)31-24(34)32-25(2,3)17-6-8-18(9-7-17)26(28,29)30/h4-11,15,35H,12-14H2,1-3H3,(H,31,32). The van der Waals surface area contributed by atoms with E-state index in [1.807, 2.05) is 0 Å². The molecule has 3 aromatic rings. The van der Waals surface area contributed by atoms with Crippen LogP contribution in [0.2, 0.25) is 5.02 Å². The van der Waals surface area contributed by atoms with E-state index in [0.29, 0.717) is 40.4 Å². The number of benzene rings is 2. The zero-order chi connectivity index (χ0) is 27.1. The van der Waals surface area contributed by atoms with Crippen molar-refractivity contribution in [2.75, 3.05) is 11.9 Å². The molecular formula is C26H26ClF3N4O3. The van der Waals surface area contributed by atoms with Gasteiger partial charge in [0.2, 0.25) is 5.95 Å². The number of carbonyl (C=O) groups is 1. The first-order valence-electron chi connectivity index (χ1n) is 11.6. The SMILES string of the molecule is CC(O)n1c(NC(C)(C)c2ccc(C(F)(F)F)cc2)nc2c(c1=O)CN(C(=O)c1ccc(Cl)cc1)CC2. The molecule has 7 nitrogen and oxygen atoms in total. The monoisotopic (exact) mass is 534 g/mol. The van der Waals surface area contributed by atoms with Crippen molar-refractivity contribution in [1.29, 1.82) is 0 Å². The number of anilines is 1. The van der Waals surface area contributed by atoms with Crippen LogP contribution in [0.3, 0.4) is 0 Å². The molecule has 1 atom stereocenters. The first-order valence-corrected chi connectivity index (χ1v) is 12.0. The quantitative estimate of drug-likeness (QED) is 0.482. The van der Waals surface area contributed by atoms with E-state index in [-0.39, 0.29) is 18.4 Å². The van der Waals surface area contributed by atoms with Crippen molar-refractivity contribution >= 4 is 23.5 Å². The summed E-state index contributed by atoms with van der Waals surface area (Å²) in [4.78, 5) is 32.6. The van der Waals surface area contributed by atoms with Crippen LogP contribution in [0.25, 0.3) is 0 Å². The Bertz CT molecular complexity index is 1370. The lowest BCUT2D eigenvalue weighted by Crippen LogP contribution is -2.43. The Hall–Kier alpha value is -3.37. The Labute approximate surface area is 216 Å². The summed E-state index contributed by atoms with van der Waals surface area (Å²) in [6.45, 7) is 5.24. The Morgan fingerprint density at radius 1 is 1.08 bits per heavy atom. The average Bonchev–Trinajstić information content (AvgIpc) is 2.83. The molecule has 0 radical (unpaired) electrons. The molecule has 11 heteroatoms. The number of fused-ring (bicyclic) bond motifs is 1. The van der Waals surface area contributed by atoms with Crippen LogP contribution in [0.4, 0.5) is 19.1 Å². The summed E-state index contributed by atoms with van der Waals surface area (Å²) in [6.07, 6.45) is -5.38. The fraction of sp³-hybridized carbons (Fsp3) is 0.346. The summed E-state index contributed by atoms with van der Waals surface area (Å²) in [5, 5.41) is 14.0. The van der Waals surface area contributed by atoms with E-state index >= 15 is 0 Å². The minimum atomic E-state index is -4.45. The van der Waals surface area contributed by atoms with Gasteiger partial charge in [-0.15, -0.1) is 0 Å². The molecule has 4 rings (SSSR count). The predicted octanol–water partition coefficient (Wildman–Crippen LogP) is 4.97. The number of carbonyl (C=O) groups excluding carboxylic acids is 1. The number of nitrogens with zero attached hydrogens (tertiary/aromatic N) is 3. The third-order valence-corrected chi connectivity index (χ3v) is 6.62. The second-order valence-electron chi connectivity index (χ2n) is 9.48. The summed E-state index contributed by atoms with van der Waals surface area (Å²) in [7, 11) is 0. The van der Waals surface area contributed by atoms with Gasteiger partial charge in [-0.2, -0.15) is 13.2 Å². The second-order valence-corrected chi connectivity index (χ2v) is 9.91. The van der Waals surface area contributed by atoms with Gasteiger partial charge in [-0.3, -0.25) is 14.2 Å². The summed E-state index contributed by atoms with van der Waals surface area (Å²) in [5.74, 6) is -0.169. The van der Waals surface area contributed by atoms with Crippen molar-refractivity contribution < 1.29 is 23.1 Å². The Morgan fingerprint density at radius 2 is 1.68 bits per heavy atom. The van der Waals surface area contributed by atoms with Crippen LogP contribution >= 0.6 is 11.6 Å². The molecule has 196 valence electrons. The number of halogens is 4. The molecule has 2 aromatic carbocycles. The lowest BCUT2D eigenvalue weighted by atomic mass is 9.93. The van der Waals surface area contributed by atoms with E-state index in [0.717, 1.165) is 16.7 Å². The molecule has 37 heavy (non-hydrogen) atoms. The van der Waals surface area contributed by atoms with Crippen LogP contribution < -0.4 is 10.9 Å². The largest absolute Gasteiger partial charge is 0.416 e. The van der Waals surface area contributed by atoms with Crippen molar-refractivity contribution in [2.24, 2.45) is 0 Å². The molecule has 0 saturated carbocycles. The fourth-order valence-electron chi connectivity index (χ4n) is 4.30. The molecule has 1 aliphatic heterocycles. The fourth-order valence-corrected chi connectivity index (χ4v) is 4.43. The molecule has 1 amide bonds. The lowest BCUT2D eigenvalue weighted by molar-refractivity contribution is -0.137. The van der Waals surface area contributed by atoms with E-state index in [1.165, 1.54) is 19.1 Å². The molecule has 0 saturated heterocycles. The van der Waals surface area contributed by atoms with Gasteiger partial charge in [0.1, 0.15) is 6.23 Å². The number of aliphatic hydroxyl groups excluding tert-OH is 1. The highest BCUT2D eigenvalue weighted by Crippen LogP contribution is 2.32. The van der Waals surface area contributed by atoms with Gasteiger partial charge in [0.15, 0.2) is 0 Å². The molecule has 0 spiro atoms. The van der Waals surface area contributed by atoms with Gasteiger partial charge < -0.3 is 15.3 Å². The Morgan fingerprint density at radius 3 is 2.24 bits per heavy atom. The van der Waals surface area contributed by atoms with Gasteiger partial charge in [0, 0.05) is 23.6 Å². The highest BCUT2D eigenvalue weighted by atomic mass is 35.5. The van der Waals surface area contributed by atoms with Crippen LogP contribution in [-0.4, -0.2) is 32.0 Å². The number of alkyl halides is 3. The van der Waals surface area contributed by atoms with Crippen LogP contribution in [-0.2, 0) is 24.7 Å². The van der Waals surface area contributed by atoms with E-state index in [1.54, 1.807) is 43.0 Å². The maximum Gasteiger partial charge on any atom is 0.416 e. The normalized spacial score (nSPS) is 14.8. The number of rotatable bonds is 5. The zero-order valence-corrected chi connectivity index (χ0v) is 21.2. The molecule has 2 heterocycles. The van der Waals surface area contributed by atoms with Crippen LogP contribution in [0.1, 0.15) is 59.7 Å². The minimum Gasteiger partial charge on any atom is -0.373 e. The molecule has 0 aliphatic carbocycles. The molecule has 1 unspecified atom stereocenters. The third-order valence-electron chi connectivity index (χ3n) is 6.37. The topological polar surface area (TPSA) is 87.5 Å². The van der Waals surface area contributed by atoms with Crippen molar-refractivity contribution in [1.82, 2.24) is 14.5 Å². The van der Waals surface area contributed by atoms with E-state index in [4.69, 9.17) is 11.6 Å². The lowest BCUT2D eigenvalue weighted by Gasteiger charge is -2.32. The van der Waals surface area contributed by atoms with Gasteiger partial charge in [0.05, 0.1) is 28.9 Å². The third kappa shape index (κ3) is 5.50. The number of aliphatic hydroxyl groups is 1. The van der Waals surface area contributed by atoms with Crippen molar-refractivity contribution in [3.05, 3.63) is 91.9 Å². The van der Waals surface area contributed by atoms with Crippen molar-refractivity contribution in [3.63, 3.8) is 0 Å². The number of aromatic nitrogens is 2. The molecule has 2 N–H and O–H groups in total. The molecule has 1 aliphatic rings. The van der Waals surface area contributed by atoms with Crippen LogP contribution in [0.15, 0.2) is 53.3 Å². The highest BCUT2D eigenvalue weighted by Gasteiger charge is 2.32. The summed E-state index contributed by atoms with van der Waals surface area (Å²) < 4.78 is 40.0. The highest BCUT2D eigenvalue weighted by molar-refractivity contribution is 6.30. The Kier molecular flexibility index (Phi) is 7.09. The number of nitrogens with one attached hydrogen (secondary N) is 1. The van der Waals surface area contributed by atoms with E-state index in [2.05, 4.69) is 10.3 Å². The van der Waals surface area contributed by atoms with Gasteiger partial charge in [0.25, 0.3) is 11.5 Å². The smallest absolute Gasteiger partial charge is 0.373 e. The summed E-state index contributed by atoms with van der Waals surface area (Å²) >= 11 is 5.91. The Balaban J connectivity index is 1.65. The molecule has 0 fully saturated rings. The molecule has 0 bridgehead atoms. The van der Waals surface area contributed by atoms with Crippen LogP contribution in [0.5, 0.6) is 0 Å². The van der Waals surface area contributed by atoms with Gasteiger partial charge in [-0.25, -0.2) is 4.98 Å². The zero-order valence-electron chi connectivity index (χ0n) is 20.4. The van der Waals surface area contributed by atoms with Gasteiger partial charge in [-0.1, -0.05) is 23.7 Å².